The highest BCUT2D eigenvalue weighted by Crippen LogP contribution is 2.18. The van der Waals surface area contributed by atoms with E-state index in [-0.39, 0.29) is 17.9 Å². The lowest BCUT2D eigenvalue weighted by Crippen LogP contribution is -2.53. The van der Waals surface area contributed by atoms with Crippen LogP contribution in [0.5, 0.6) is 0 Å². The second kappa shape index (κ2) is 7.82. The van der Waals surface area contributed by atoms with E-state index in [1.165, 1.54) is 0 Å². The fourth-order valence-electron chi connectivity index (χ4n) is 3.58. The number of methoxy groups -OCH3 is 1. The topological polar surface area (TPSA) is 76.5 Å². The van der Waals surface area contributed by atoms with Crippen molar-refractivity contribution in [3.05, 3.63) is 66.1 Å². The van der Waals surface area contributed by atoms with Gasteiger partial charge in [-0.1, -0.05) is 6.07 Å². The second-order valence-corrected chi connectivity index (χ2v) is 6.81. The summed E-state index contributed by atoms with van der Waals surface area (Å²) in [6, 6.07) is 12.8. The van der Waals surface area contributed by atoms with Crippen LogP contribution in [0.3, 0.4) is 0 Å². The summed E-state index contributed by atoms with van der Waals surface area (Å²) in [4.78, 5) is 31.5. The Bertz CT molecular complexity index is 1010. The van der Waals surface area contributed by atoms with Crippen molar-refractivity contribution in [2.24, 2.45) is 0 Å². The molecule has 7 nitrogen and oxygen atoms in total. The summed E-state index contributed by atoms with van der Waals surface area (Å²) in [5.74, 6) is -0.201. The summed E-state index contributed by atoms with van der Waals surface area (Å²) in [7, 11) is 1.61. The zero-order valence-corrected chi connectivity index (χ0v) is 15.7. The van der Waals surface area contributed by atoms with Crippen molar-refractivity contribution in [2.75, 3.05) is 26.8 Å². The average molecular weight is 378 g/mol. The number of nitrogens with zero attached hydrogens (tertiary/aromatic N) is 3. The van der Waals surface area contributed by atoms with Crippen molar-refractivity contribution >= 4 is 22.7 Å². The van der Waals surface area contributed by atoms with Crippen molar-refractivity contribution < 1.29 is 14.3 Å². The second-order valence-electron chi connectivity index (χ2n) is 6.81. The average Bonchev–Trinajstić information content (AvgIpc) is 3.20. The van der Waals surface area contributed by atoms with Crippen molar-refractivity contribution in [1.82, 2.24) is 19.8 Å². The van der Waals surface area contributed by atoms with Gasteiger partial charge >= 0.3 is 0 Å². The largest absolute Gasteiger partial charge is 0.383 e. The molecular weight excluding hydrogens is 356 g/mol. The Morgan fingerprint density at radius 1 is 1.29 bits per heavy atom. The molecule has 3 heterocycles. The third-order valence-corrected chi connectivity index (χ3v) is 5.06. The molecular formula is C21H22N4O3. The molecule has 2 amide bonds. The third kappa shape index (κ3) is 3.48. The lowest BCUT2D eigenvalue weighted by molar-refractivity contribution is 0.0504. The van der Waals surface area contributed by atoms with Gasteiger partial charge in [0.25, 0.3) is 11.8 Å². The molecule has 0 spiro atoms. The van der Waals surface area contributed by atoms with Crippen LogP contribution in [-0.2, 0) is 11.3 Å². The smallest absolute Gasteiger partial charge is 0.270 e. The number of pyridine rings is 1. The summed E-state index contributed by atoms with van der Waals surface area (Å²) in [6.45, 7) is 1.95. The van der Waals surface area contributed by atoms with Crippen LogP contribution in [0.1, 0.15) is 20.8 Å². The molecule has 0 fully saturated rings. The number of benzene rings is 1. The molecule has 1 unspecified atom stereocenters. The van der Waals surface area contributed by atoms with Crippen LogP contribution in [0.15, 0.2) is 54.9 Å². The molecule has 28 heavy (non-hydrogen) atoms. The first kappa shape index (κ1) is 18.2. The normalized spacial score (nSPS) is 16.2. The van der Waals surface area contributed by atoms with Crippen LogP contribution < -0.4 is 5.32 Å². The number of rotatable bonds is 6. The predicted molar refractivity (Wildman–Crippen MR) is 105 cm³/mol. The fourth-order valence-corrected chi connectivity index (χ4v) is 3.58. The van der Waals surface area contributed by atoms with Gasteiger partial charge in [-0.15, -0.1) is 0 Å². The molecule has 0 bridgehead atoms. The highest BCUT2D eigenvalue weighted by molar-refractivity contribution is 5.98. The molecule has 1 N–H and O–H groups in total. The van der Waals surface area contributed by atoms with Crippen LogP contribution in [0.25, 0.3) is 10.9 Å². The first-order valence-electron chi connectivity index (χ1n) is 9.25. The Balaban J connectivity index is 1.48. The molecule has 4 rings (SSSR count). The van der Waals surface area contributed by atoms with Gasteiger partial charge in [0.15, 0.2) is 0 Å². The maximum atomic E-state index is 12.8. The molecule has 0 aliphatic carbocycles. The summed E-state index contributed by atoms with van der Waals surface area (Å²) < 4.78 is 7.09. The Morgan fingerprint density at radius 2 is 2.18 bits per heavy atom. The highest BCUT2D eigenvalue weighted by Gasteiger charge is 2.32. The zero-order valence-electron chi connectivity index (χ0n) is 15.7. The van der Waals surface area contributed by atoms with E-state index >= 15 is 0 Å². The van der Waals surface area contributed by atoms with E-state index in [2.05, 4.69) is 10.3 Å². The van der Waals surface area contributed by atoms with Gasteiger partial charge in [0.1, 0.15) is 5.69 Å². The number of carbonyl (C=O) groups is 2. The SMILES string of the molecule is COCCN1C(=O)c2cccn2CC1CNC(=O)c1ccc2ncccc2c1. The van der Waals surface area contributed by atoms with Crippen molar-refractivity contribution in [3.63, 3.8) is 0 Å². The van der Waals surface area contributed by atoms with Crippen molar-refractivity contribution in [1.29, 1.82) is 0 Å². The zero-order chi connectivity index (χ0) is 19.5. The van der Waals surface area contributed by atoms with Crippen LogP contribution >= 0.6 is 0 Å². The van der Waals surface area contributed by atoms with E-state index in [0.717, 1.165) is 10.9 Å². The van der Waals surface area contributed by atoms with Gasteiger partial charge in [-0.2, -0.15) is 0 Å². The molecule has 2 aromatic heterocycles. The van der Waals surface area contributed by atoms with Crippen LogP contribution in [-0.4, -0.2) is 59.1 Å². The lowest BCUT2D eigenvalue weighted by Gasteiger charge is -2.36. The number of carbonyl (C=O) groups excluding carboxylic acids is 2. The van der Waals surface area contributed by atoms with Crippen molar-refractivity contribution in [2.45, 2.75) is 12.6 Å². The molecule has 0 saturated carbocycles. The number of aromatic nitrogens is 2. The number of amides is 2. The first-order chi connectivity index (χ1) is 13.7. The lowest BCUT2D eigenvalue weighted by atomic mass is 10.1. The molecule has 1 aliphatic heterocycles. The predicted octanol–water partition coefficient (Wildman–Crippen LogP) is 1.94. The van der Waals surface area contributed by atoms with E-state index in [9.17, 15) is 9.59 Å². The minimum absolute atomic E-state index is 0.0377. The Labute approximate surface area is 162 Å². The number of fused-ring (bicyclic) bond motifs is 2. The van der Waals surface area contributed by atoms with Crippen LogP contribution in [0, 0.1) is 0 Å². The maximum absolute atomic E-state index is 12.8. The van der Waals surface area contributed by atoms with Gasteiger partial charge in [-0.3, -0.25) is 14.6 Å². The van der Waals surface area contributed by atoms with Gasteiger partial charge in [-0.05, 0) is 36.4 Å². The van der Waals surface area contributed by atoms with Gasteiger partial charge in [0, 0.05) is 50.1 Å². The Morgan fingerprint density at radius 3 is 3.04 bits per heavy atom. The molecule has 1 aliphatic rings. The summed E-state index contributed by atoms with van der Waals surface area (Å²) in [5, 5.41) is 3.89. The monoisotopic (exact) mass is 378 g/mol. The molecule has 144 valence electrons. The van der Waals surface area contributed by atoms with Crippen LogP contribution in [0.4, 0.5) is 0 Å². The summed E-state index contributed by atoms with van der Waals surface area (Å²) in [6.07, 6.45) is 3.62. The molecule has 0 saturated heterocycles. The Kier molecular flexibility index (Phi) is 5.08. The Hall–Kier alpha value is -3.19. The first-order valence-corrected chi connectivity index (χ1v) is 9.25. The van der Waals surface area contributed by atoms with Crippen LogP contribution in [0.2, 0.25) is 0 Å². The number of ether oxygens (including phenoxy) is 1. The van der Waals surface area contributed by atoms with Gasteiger partial charge in [0.05, 0.1) is 18.2 Å². The number of nitrogens with one attached hydrogen (secondary N) is 1. The van der Waals surface area contributed by atoms with Gasteiger partial charge in [-0.25, -0.2) is 0 Å². The third-order valence-electron chi connectivity index (χ3n) is 5.06. The number of hydrogen-bond acceptors (Lipinski definition) is 4. The standard InChI is InChI=1S/C21H22N4O3/c1-28-11-10-25-17(14-24-9-3-5-19(24)21(25)27)13-23-20(26)16-6-7-18-15(12-16)4-2-8-22-18/h2-9,12,17H,10-11,13-14H2,1H3,(H,23,26). The molecule has 1 aromatic carbocycles. The summed E-state index contributed by atoms with van der Waals surface area (Å²) >= 11 is 0. The fraction of sp³-hybridized carbons (Fsp3) is 0.286. The molecule has 7 heteroatoms. The van der Waals surface area contributed by atoms with E-state index in [4.69, 9.17) is 4.74 Å². The van der Waals surface area contributed by atoms with Gasteiger partial charge < -0.3 is 19.5 Å². The minimum atomic E-state index is -0.164. The minimum Gasteiger partial charge on any atom is -0.383 e. The van der Waals surface area contributed by atoms with E-state index in [0.29, 0.717) is 37.5 Å². The molecule has 3 aromatic rings. The van der Waals surface area contributed by atoms with E-state index in [1.54, 1.807) is 24.3 Å². The molecule has 1 atom stereocenters. The van der Waals surface area contributed by atoms with Gasteiger partial charge in [0.2, 0.25) is 0 Å². The van der Waals surface area contributed by atoms with E-state index < -0.39 is 0 Å². The molecule has 0 radical (unpaired) electrons. The number of hydrogen-bond donors (Lipinski definition) is 1. The summed E-state index contributed by atoms with van der Waals surface area (Å²) in [5.41, 5.74) is 2.09. The highest BCUT2D eigenvalue weighted by atomic mass is 16.5. The maximum Gasteiger partial charge on any atom is 0.270 e. The van der Waals surface area contributed by atoms with Crippen molar-refractivity contribution in [3.8, 4) is 0 Å². The quantitative estimate of drug-likeness (QED) is 0.711. The van der Waals surface area contributed by atoms with E-state index in [1.807, 2.05) is 47.2 Å².